The van der Waals surface area contributed by atoms with Gasteiger partial charge in [0.2, 0.25) is 0 Å². The van der Waals surface area contributed by atoms with Crippen LogP contribution in [0.3, 0.4) is 0 Å². The van der Waals surface area contributed by atoms with Crippen molar-refractivity contribution in [3.63, 3.8) is 0 Å². The lowest BCUT2D eigenvalue weighted by Crippen LogP contribution is -2.34. The van der Waals surface area contributed by atoms with Gasteiger partial charge in [-0.05, 0) is 55.9 Å². The molecule has 6 nitrogen and oxygen atoms in total. The molecule has 1 aliphatic carbocycles. The Morgan fingerprint density at radius 1 is 1.32 bits per heavy atom. The number of amides is 1. The molecule has 1 amide bonds. The van der Waals surface area contributed by atoms with Crippen LogP contribution in [0.5, 0.6) is 0 Å². The van der Waals surface area contributed by atoms with E-state index in [4.69, 9.17) is 0 Å². The highest BCUT2D eigenvalue weighted by Gasteiger charge is 2.23. The molecule has 1 aromatic carbocycles. The first-order chi connectivity index (χ1) is 13.5. The van der Waals surface area contributed by atoms with Gasteiger partial charge in [0.25, 0.3) is 11.5 Å². The summed E-state index contributed by atoms with van der Waals surface area (Å²) < 4.78 is 2.37. The third-order valence-corrected chi connectivity index (χ3v) is 6.68. The molecule has 0 unspecified atom stereocenters. The third kappa shape index (κ3) is 3.66. The van der Waals surface area contributed by atoms with Crippen molar-refractivity contribution in [3.8, 4) is 0 Å². The molecule has 2 heterocycles. The van der Waals surface area contributed by atoms with Crippen LogP contribution in [-0.4, -0.2) is 21.7 Å². The zero-order valence-corrected chi connectivity index (χ0v) is 17.7. The van der Waals surface area contributed by atoms with Crippen LogP contribution in [-0.2, 0) is 17.6 Å². The number of nitrogens with zero attached hydrogens (tertiary/aromatic N) is 3. The smallest absolute Gasteiger partial charge is 0.263 e. The number of fused-ring (bicyclic) bond motifs is 3. The van der Waals surface area contributed by atoms with E-state index < -0.39 is 6.04 Å². The second-order valence-electron chi connectivity index (χ2n) is 6.81. The van der Waals surface area contributed by atoms with Gasteiger partial charge in [-0.15, -0.1) is 11.3 Å². The lowest BCUT2D eigenvalue weighted by molar-refractivity contribution is -0.123. The minimum atomic E-state index is -0.703. The molecule has 2 aromatic heterocycles. The number of aromatic nitrogens is 2. The van der Waals surface area contributed by atoms with E-state index in [0.717, 1.165) is 46.1 Å². The van der Waals surface area contributed by atoms with E-state index in [9.17, 15) is 9.59 Å². The Morgan fingerprint density at radius 2 is 2.07 bits per heavy atom. The molecule has 4 rings (SSSR count). The van der Waals surface area contributed by atoms with Gasteiger partial charge < -0.3 is 0 Å². The summed E-state index contributed by atoms with van der Waals surface area (Å²) >= 11 is 4.98. The molecule has 1 atom stereocenters. The number of thiophene rings is 1. The van der Waals surface area contributed by atoms with E-state index in [1.165, 1.54) is 15.8 Å². The fourth-order valence-electron chi connectivity index (χ4n) is 3.37. The number of hydrogen-bond donors (Lipinski definition) is 1. The Bertz CT molecular complexity index is 1120. The molecule has 0 radical (unpaired) electrons. The maximum absolute atomic E-state index is 13.0. The van der Waals surface area contributed by atoms with Gasteiger partial charge in [-0.3, -0.25) is 14.2 Å². The molecule has 1 N–H and O–H groups in total. The Morgan fingerprint density at radius 3 is 2.86 bits per heavy atom. The van der Waals surface area contributed by atoms with E-state index in [1.807, 2.05) is 24.3 Å². The first-order valence-corrected chi connectivity index (χ1v) is 10.8. The molecule has 0 saturated heterocycles. The molecule has 0 bridgehead atoms. The number of hydrogen-bond acceptors (Lipinski definition) is 5. The summed E-state index contributed by atoms with van der Waals surface area (Å²) in [4.78, 5) is 32.0. The van der Waals surface area contributed by atoms with E-state index in [1.54, 1.807) is 24.5 Å². The lowest BCUT2D eigenvalue weighted by Gasteiger charge is -2.14. The summed E-state index contributed by atoms with van der Waals surface area (Å²) in [5.41, 5.74) is 4.35. The number of rotatable bonds is 4. The van der Waals surface area contributed by atoms with Gasteiger partial charge in [0.1, 0.15) is 10.9 Å². The number of aryl methyl sites for hydroxylation is 2. The molecule has 0 aliphatic heterocycles. The molecule has 1 aliphatic rings. The zero-order valence-electron chi connectivity index (χ0n) is 15.3. The average Bonchev–Trinajstić information content (AvgIpc) is 3.08. The molecule has 28 heavy (non-hydrogen) atoms. The highest BCUT2D eigenvalue weighted by Crippen LogP contribution is 2.33. The SMILES string of the molecule is C[C@H](C(=O)N/N=C/c1ccc(Br)cc1)n1cnc2sc3c(c2c1=O)CCCC3. The molecule has 0 saturated carbocycles. The van der Waals surface area contributed by atoms with Crippen LogP contribution in [0.2, 0.25) is 0 Å². The molecule has 144 valence electrons. The topological polar surface area (TPSA) is 76.3 Å². The number of nitrogens with one attached hydrogen (secondary N) is 1. The number of carbonyl (C=O) groups is 1. The molecule has 8 heteroatoms. The van der Waals surface area contributed by atoms with Gasteiger partial charge >= 0.3 is 0 Å². The van der Waals surface area contributed by atoms with Crippen molar-refractivity contribution < 1.29 is 4.79 Å². The standard InChI is InChI=1S/C20H19BrN4O2S/c1-12(18(26)24-23-10-13-6-8-14(21)9-7-13)25-11-22-19-17(20(25)27)15-4-2-3-5-16(15)28-19/h6-12H,2-5H2,1H3,(H,24,26)/b23-10+/t12-/m1/s1. The van der Waals surface area contributed by atoms with E-state index in [2.05, 4.69) is 31.4 Å². The Labute approximate surface area is 174 Å². The van der Waals surface area contributed by atoms with E-state index in [-0.39, 0.29) is 11.5 Å². The molecular formula is C20H19BrN4O2S. The van der Waals surface area contributed by atoms with Crippen LogP contribution >= 0.6 is 27.3 Å². The van der Waals surface area contributed by atoms with Crippen molar-refractivity contribution in [2.24, 2.45) is 5.10 Å². The van der Waals surface area contributed by atoms with Crippen molar-refractivity contribution in [2.75, 3.05) is 0 Å². The van der Waals surface area contributed by atoms with Crippen LogP contribution in [0.25, 0.3) is 10.2 Å². The highest BCUT2D eigenvalue weighted by molar-refractivity contribution is 9.10. The van der Waals surface area contributed by atoms with Crippen LogP contribution in [0.4, 0.5) is 0 Å². The summed E-state index contributed by atoms with van der Waals surface area (Å²) in [5.74, 6) is -0.360. The Hall–Kier alpha value is -2.32. The van der Waals surface area contributed by atoms with Crippen LogP contribution in [0.15, 0.2) is 45.0 Å². The van der Waals surface area contributed by atoms with Crippen molar-refractivity contribution in [2.45, 2.75) is 38.6 Å². The fraction of sp³-hybridized carbons (Fsp3) is 0.300. The predicted octanol–water partition coefficient (Wildman–Crippen LogP) is 3.81. The number of hydrazone groups is 1. The van der Waals surface area contributed by atoms with Crippen molar-refractivity contribution in [3.05, 3.63) is 61.4 Å². The van der Waals surface area contributed by atoms with Gasteiger partial charge in [-0.25, -0.2) is 10.4 Å². The van der Waals surface area contributed by atoms with Gasteiger partial charge in [-0.2, -0.15) is 5.10 Å². The van der Waals surface area contributed by atoms with E-state index in [0.29, 0.717) is 5.39 Å². The molecule has 3 aromatic rings. The second kappa shape index (κ2) is 7.97. The van der Waals surface area contributed by atoms with Crippen molar-refractivity contribution >= 4 is 49.6 Å². The summed E-state index contributed by atoms with van der Waals surface area (Å²) in [6.07, 6.45) is 7.20. The Balaban J connectivity index is 1.55. The summed E-state index contributed by atoms with van der Waals surface area (Å²) in [6, 6.07) is 6.85. The Kier molecular flexibility index (Phi) is 5.41. The predicted molar refractivity (Wildman–Crippen MR) is 115 cm³/mol. The number of benzene rings is 1. The minimum absolute atomic E-state index is 0.149. The number of halogens is 1. The zero-order chi connectivity index (χ0) is 19.7. The molecular weight excluding hydrogens is 440 g/mol. The lowest BCUT2D eigenvalue weighted by atomic mass is 9.97. The quantitative estimate of drug-likeness (QED) is 0.476. The highest BCUT2D eigenvalue weighted by atomic mass is 79.9. The van der Waals surface area contributed by atoms with Gasteiger partial charge in [0.05, 0.1) is 17.9 Å². The maximum atomic E-state index is 13.0. The monoisotopic (exact) mass is 458 g/mol. The summed E-state index contributed by atoms with van der Waals surface area (Å²) in [5, 5.41) is 4.68. The van der Waals surface area contributed by atoms with Crippen LogP contribution in [0.1, 0.15) is 41.8 Å². The molecule has 0 fully saturated rings. The maximum Gasteiger partial charge on any atom is 0.263 e. The van der Waals surface area contributed by atoms with Gasteiger partial charge in [0.15, 0.2) is 0 Å². The minimum Gasteiger partial charge on any atom is -0.286 e. The number of carbonyl (C=O) groups excluding carboxylic acids is 1. The first-order valence-electron chi connectivity index (χ1n) is 9.14. The van der Waals surface area contributed by atoms with Crippen LogP contribution < -0.4 is 11.0 Å². The average molecular weight is 459 g/mol. The van der Waals surface area contributed by atoms with E-state index >= 15 is 0 Å². The van der Waals surface area contributed by atoms with Crippen LogP contribution in [0, 0.1) is 0 Å². The summed E-state index contributed by atoms with van der Waals surface area (Å²) in [6.45, 7) is 1.68. The summed E-state index contributed by atoms with van der Waals surface area (Å²) in [7, 11) is 0. The van der Waals surface area contributed by atoms with Crippen molar-refractivity contribution in [1.82, 2.24) is 15.0 Å². The second-order valence-corrected chi connectivity index (χ2v) is 8.81. The first kappa shape index (κ1) is 19.0. The van der Waals surface area contributed by atoms with Gasteiger partial charge in [0, 0.05) is 9.35 Å². The van der Waals surface area contributed by atoms with Gasteiger partial charge in [-0.1, -0.05) is 28.1 Å². The third-order valence-electron chi connectivity index (χ3n) is 4.96. The van der Waals surface area contributed by atoms with Crippen molar-refractivity contribution in [1.29, 1.82) is 0 Å². The fourth-order valence-corrected chi connectivity index (χ4v) is 4.86. The largest absolute Gasteiger partial charge is 0.286 e. The molecule has 0 spiro atoms. The normalized spacial score (nSPS) is 14.9.